The number of aromatic amines is 1. The molecular weight excluding hydrogens is 300 g/mol. The zero-order chi connectivity index (χ0) is 15.8. The maximum atomic E-state index is 12.6. The zero-order valence-electron chi connectivity index (χ0n) is 10.1. The van der Waals surface area contributed by atoms with E-state index >= 15 is 0 Å². The highest BCUT2D eigenvalue weighted by Gasteiger charge is 2.34. The van der Waals surface area contributed by atoms with Crippen LogP contribution in [0.4, 0.5) is 26.3 Å². The molecule has 1 aromatic heterocycles. The second-order valence-electron chi connectivity index (χ2n) is 4.20. The van der Waals surface area contributed by atoms with E-state index in [1.165, 1.54) is 0 Å². The molecule has 0 radical (unpaired) electrons. The third kappa shape index (κ3) is 3.26. The highest BCUT2D eigenvalue weighted by molar-refractivity contribution is 5.63. The van der Waals surface area contributed by atoms with Crippen molar-refractivity contribution in [1.29, 1.82) is 0 Å². The van der Waals surface area contributed by atoms with E-state index in [0.29, 0.717) is 6.07 Å². The minimum Gasteiger partial charge on any atom is -0.328 e. The summed E-state index contributed by atoms with van der Waals surface area (Å²) in [6.45, 7) is 0. The number of hydrogen-bond donors (Lipinski definition) is 1. The first kappa shape index (κ1) is 15.1. The number of alkyl halides is 6. The first-order valence-corrected chi connectivity index (χ1v) is 5.56. The Morgan fingerprint density at radius 1 is 0.810 bits per heavy atom. The van der Waals surface area contributed by atoms with E-state index in [-0.39, 0.29) is 11.1 Å². The van der Waals surface area contributed by atoms with Gasteiger partial charge in [-0.2, -0.15) is 26.3 Å². The Kier molecular flexibility index (Phi) is 3.56. The topological polar surface area (TPSA) is 32.9 Å². The standard InChI is InChI=1S/C13H7F6NO/c14-12(15,16)9-3-1-7(2-4-9)8-5-10(13(17,18)19)11(21)20-6-8/h1-6H,(H,20,21). The van der Waals surface area contributed by atoms with Crippen LogP contribution in [-0.2, 0) is 12.4 Å². The largest absolute Gasteiger partial charge is 0.421 e. The number of pyridine rings is 1. The molecule has 0 bridgehead atoms. The van der Waals surface area contributed by atoms with Crippen LogP contribution in [0.2, 0.25) is 0 Å². The molecule has 1 N–H and O–H groups in total. The molecule has 2 nitrogen and oxygen atoms in total. The Balaban J connectivity index is 2.46. The molecule has 0 fully saturated rings. The van der Waals surface area contributed by atoms with Gasteiger partial charge in [0, 0.05) is 6.20 Å². The number of aromatic nitrogens is 1. The summed E-state index contributed by atoms with van der Waals surface area (Å²) in [4.78, 5) is 13.0. The van der Waals surface area contributed by atoms with Crippen molar-refractivity contribution in [3.63, 3.8) is 0 Å². The van der Waals surface area contributed by atoms with Gasteiger partial charge < -0.3 is 4.98 Å². The smallest absolute Gasteiger partial charge is 0.328 e. The fourth-order valence-electron chi connectivity index (χ4n) is 1.71. The minimum atomic E-state index is -4.84. The van der Waals surface area contributed by atoms with Gasteiger partial charge in [0.05, 0.1) is 5.56 Å². The van der Waals surface area contributed by atoms with Crippen LogP contribution < -0.4 is 5.56 Å². The van der Waals surface area contributed by atoms with Crippen LogP contribution in [0.15, 0.2) is 41.3 Å². The van der Waals surface area contributed by atoms with Gasteiger partial charge in [0.2, 0.25) is 0 Å². The SMILES string of the molecule is O=c1[nH]cc(-c2ccc(C(F)(F)F)cc2)cc1C(F)(F)F. The van der Waals surface area contributed by atoms with E-state index in [1.54, 1.807) is 0 Å². The molecule has 0 amide bonds. The predicted octanol–water partition coefficient (Wildman–Crippen LogP) is 4.08. The van der Waals surface area contributed by atoms with Gasteiger partial charge in [0.15, 0.2) is 0 Å². The quantitative estimate of drug-likeness (QED) is 0.791. The van der Waals surface area contributed by atoms with Crippen molar-refractivity contribution in [2.24, 2.45) is 0 Å². The molecule has 1 aromatic carbocycles. The number of rotatable bonds is 1. The molecular formula is C13H7F6NO. The van der Waals surface area contributed by atoms with Crippen LogP contribution in [0, 0.1) is 0 Å². The van der Waals surface area contributed by atoms with Gasteiger partial charge in [-0.15, -0.1) is 0 Å². The first-order valence-electron chi connectivity index (χ1n) is 5.56. The molecule has 0 aliphatic heterocycles. The lowest BCUT2D eigenvalue weighted by molar-refractivity contribution is -0.139. The van der Waals surface area contributed by atoms with Crippen LogP contribution in [0.1, 0.15) is 11.1 Å². The molecule has 112 valence electrons. The summed E-state index contributed by atoms with van der Waals surface area (Å²) >= 11 is 0. The Morgan fingerprint density at radius 2 is 1.38 bits per heavy atom. The number of halogens is 6. The van der Waals surface area contributed by atoms with Gasteiger partial charge in [-0.05, 0) is 29.3 Å². The van der Waals surface area contributed by atoms with Crippen molar-refractivity contribution < 1.29 is 26.3 Å². The average molecular weight is 307 g/mol. The summed E-state index contributed by atoms with van der Waals surface area (Å²) in [6.07, 6.45) is -8.35. The number of H-pyrrole nitrogens is 1. The minimum absolute atomic E-state index is 0.0318. The second-order valence-corrected chi connectivity index (χ2v) is 4.20. The van der Waals surface area contributed by atoms with Crippen LogP contribution in [0.3, 0.4) is 0 Å². The second kappa shape index (κ2) is 4.94. The lowest BCUT2D eigenvalue weighted by Gasteiger charge is -2.09. The number of benzene rings is 1. The van der Waals surface area contributed by atoms with E-state index in [4.69, 9.17) is 0 Å². The van der Waals surface area contributed by atoms with Crippen molar-refractivity contribution in [3.05, 3.63) is 58.0 Å². The maximum absolute atomic E-state index is 12.6. The van der Waals surface area contributed by atoms with Gasteiger partial charge in [0.1, 0.15) is 5.56 Å². The fraction of sp³-hybridized carbons (Fsp3) is 0.154. The van der Waals surface area contributed by atoms with Gasteiger partial charge in [0.25, 0.3) is 5.56 Å². The van der Waals surface area contributed by atoms with E-state index in [9.17, 15) is 31.1 Å². The van der Waals surface area contributed by atoms with Gasteiger partial charge >= 0.3 is 12.4 Å². The van der Waals surface area contributed by atoms with Crippen molar-refractivity contribution in [1.82, 2.24) is 4.98 Å². The molecule has 2 rings (SSSR count). The van der Waals surface area contributed by atoms with Crippen molar-refractivity contribution in [2.45, 2.75) is 12.4 Å². The average Bonchev–Trinajstić information content (AvgIpc) is 2.37. The lowest BCUT2D eigenvalue weighted by atomic mass is 10.0. The van der Waals surface area contributed by atoms with E-state index in [0.717, 1.165) is 30.5 Å². The Hall–Kier alpha value is -2.25. The van der Waals surface area contributed by atoms with Crippen LogP contribution >= 0.6 is 0 Å². The molecule has 2 aromatic rings. The molecule has 0 saturated heterocycles. The molecule has 8 heteroatoms. The first-order chi connectivity index (χ1) is 9.59. The third-order valence-electron chi connectivity index (χ3n) is 2.75. The third-order valence-corrected chi connectivity index (χ3v) is 2.75. The van der Waals surface area contributed by atoms with Gasteiger partial charge in [-0.1, -0.05) is 12.1 Å². The monoisotopic (exact) mass is 307 g/mol. The molecule has 0 unspecified atom stereocenters. The summed E-state index contributed by atoms with van der Waals surface area (Å²) in [5, 5.41) is 0. The van der Waals surface area contributed by atoms with Crippen LogP contribution in [0.5, 0.6) is 0 Å². The molecule has 1 heterocycles. The van der Waals surface area contributed by atoms with Crippen molar-refractivity contribution in [2.75, 3.05) is 0 Å². The molecule has 0 aliphatic carbocycles. The molecule has 0 aliphatic rings. The molecule has 0 atom stereocenters. The summed E-state index contributed by atoms with van der Waals surface area (Å²) in [6, 6.07) is 4.19. The summed E-state index contributed by atoms with van der Waals surface area (Å²) in [5.41, 5.74) is -3.52. The van der Waals surface area contributed by atoms with Crippen molar-refractivity contribution >= 4 is 0 Å². The number of hydrogen-bond acceptors (Lipinski definition) is 1. The highest BCUT2D eigenvalue weighted by Crippen LogP contribution is 2.32. The molecule has 21 heavy (non-hydrogen) atoms. The zero-order valence-corrected chi connectivity index (χ0v) is 10.1. The van der Waals surface area contributed by atoms with Crippen LogP contribution in [0.25, 0.3) is 11.1 Å². The summed E-state index contributed by atoms with van der Waals surface area (Å²) in [7, 11) is 0. The maximum Gasteiger partial charge on any atom is 0.421 e. The van der Waals surface area contributed by atoms with Gasteiger partial charge in [-0.25, -0.2) is 0 Å². The fourth-order valence-corrected chi connectivity index (χ4v) is 1.71. The summed E-state index contributed by atoms with van der Waals surface area (Å²) in [5.74, 6) is 0. The number of nitrogens with one attached hydrogen (secondary N) is 1. The van der Waals surface area contributed by atoms with E-state index in [2.05, 4.69) is 0 Å². The summed E-state index contributed by atoms with van der Waals surface area (Å²) < 4.78 is 75.0. The van der Waals surface area contributed by atoms with Crippen molar-refractivity contribution in [3.8, 4) is 11.1 Å². The molecule has 0 spiro atoms. The van der Waals surface area contributed by atoms with E-state index in [1.807, 2.05) is 4.98 Å². The van der Waals surface area contributed by atoms with Crippen LogP contribution in [-0.4, -0.2) is 4.98 Å². The Labute approximate surface area is 114 Å². The Bertz CT molecular complexity index is 696. The predicted molar refractivity (Wildman–Crippen MR) is 62.5 cm³/mol. The van der Waals surface area contributed by atoms with E-state index < -0.39 is 29.0 Å². The molecule has 0 saturated carbocycles. The van der Waals surface area contributed by atoms with Gasteiger partial charge in [-0.3, -0.25) is 4.79 Å². The Morgan fingerprint density at radius 3 is 1.86 bits per heavy atom. The lowest BCUT2D eigenvalue weighted by Crippen LogP contribution is -2.20. The highest BCUT2D eigenvalue weighted by atomic mass is 19.4. The normalized spacial score (nSPS) is 12.5.